The van der Waals surface area contributed by atoms with E-state index in [2.05, 4.69) is 5.10 Å². The molecule has 1 aromatic carbocycles. The van der Waals surface area contributed by atoms with E-state index in [1.807, 2.05) is 30.3 Å². The Morgan fingerprint density at radius 2 is 2.11 bits per heavy atom. The molecule has 0 saturated heterocycles. The predicted octanol–water partition coefficient (Wildman–Crippen LogP) is 2.23. The van der Waals surface area contributed by atoms with Crippen molar-refractivity contribution in [2.45, 2.75) is 12.6 Å². The lowest BCUT2D eigenvalue weighted by molar-refractivity contribution is 0.182. The van der Waals surface area contributed by atoms with Gasteiger partial charge in [-0.1, -0.05) is 41.9 Å². The molecule has 18 heavy (non-hydrogen) atoms. The molecule has 1 aromatic heterocycles. The van der Waals surface area contributed by atoms with E-state index >= 15 is 0 Å². The number of aromatic nitrogens is 2. The third kappa shape index (κ3) is 2.72. The minimum Gasteiger partial charge on any atom is -0.383 e. The van der Waals surface area contributed by atoms with Crippen LogP contribution in [0, 0.1) is 0 Å². The largest absolute Gasteiger partial charge is 0.383 e. The zero-order valence-electron chi connectivity index (χ0n) is 10.2. The van der Waals surface area contributed by atoms with Crippen molar-refractivity contribution in [2.24, 2.45) is 5.73 Å². The Kier molecular flexibility index (Phi) is 4.36. The van der Waals surface area contributed by atoms with Gasteiger partial charge in [0, 0.05) is 7.11 Å². The standard InChI is InChI=1S/C13H16ClN3O/c1-18-8-7-17-13(11(14)9-16-17)12(15)10-5-3-2-4-6-10/h2-6,9,12H,7-8,15H2,1H3. The van der Waals surface area contributed by atoms with Crippen LogP contribution in [0.15, 0.2) is 36.5 Å². The van der Waals surface area contributed by atoms with Crippen molar-refractivity contribution in [3.8, 4) is 0 Å². The van der Waals surface area contributed by atoms with Crippen LogP contribution in [-0.4, -0.2) is 23.5 Å². The van der Waals surface area contributed by atoms with Gasteiger partial charge in [-0.3, -0.25) is 4.68 Å². The molecule has 0 saturated carbocycles. The number of benzene rings is 1. The van der Waals surface area contributed by atoms with E-state index in [9.17, 15) is 0 Å². The van der Waals surface area contributed by atoms with E-state index in [-0.39, 0.29) is 6.04 Å². The summed E-state index contributed by atoms with van der Waals surface area (Å²) in [5.41, 5.74) is 8.08. The highest BCUT2D eigenvalue weighted by atomic mass is 35.5. The highest BCUT2D eigenvalue weighted by Gasteiger charge is 2.18. The fourth-order valence-corrected chi connectivity index (χ4v) is 2.11. The van der Waals surface area contributed by atoms with Crippen molar-refractivity contribution >= 4 is 11.6 Å². The summed E-state index contributed by atoms with van der Waals surface area (Å²) >= 11 is 6.16. The van der Waals surface area contributed by atoms with Crippen LogP contribution in [0.4, 0.5) is 0 Å². The first-order valence-corrected chi connectivity index (χ1v) is 6.12. The van der Waals surface area contributed by atoms with E-state index in [1.54, 1.807) is 18.0 Å². The summed E-state index contributed by atoms with van der Waals surface area (Å²) in [5, 5.41) is 4.81. The van der Waals surface area contributed by atoms with Gasteiger partial charge in [0.05, 0.1) is 36.1 Å². The minimum atomic E-state index is -0.280. The summed E-state index contributed by atoms with van der Waals surface area (Å²) in [7, 11) is 1.65. The maximum absolute atomic E-state index is 6.25. The smallest absolute Gasteiger partial charge is 0.0837 e. The van der Waals surface area contributed by atoms with Gasteiger partial charge in [0.15, 0.2) is 0 Å². The Morgan fingerprint density at radius 3 is 2.78 bits per heavy atom. The molecule has 1 atom stereocenters. The van der Waals surface area contributed by atoms with Gasteiger partial charge in [0.1, 0.15) is 0 Å². The van der Waals surface area contributed by atoms with E-state index in [1.165, 1.54) is 0 Å². The van der Waals surface area contributed by atoms with E-state index in [4.69, 9.17) is 22.1 Å². The maximum atomic E-state index is 6.25. The molecule has 2 N–H and O–H groups in total. The number of nitrogens with two attached hydrogens (primary N) is 1. The predicted molar refractivity (Wildman–Crippen MR) is 71.6 cm³/mol. The lowest BCUT2D eigenvalue weighted by Gasteiger charge is -2.15. The first kappa shape index (κ1) is 13.1. The van der Waals surface area contributed by atoms with Crippen LogP contribution in [0.5, 0.6) is 0 Å². The van der Waals surface area contributed by atoms with Crippen molar-refractivity contribution < 1.29 is 4.74 Å². The maximum Gasteiger partial charge on any atom is 0.0837 e. The van der Waals surface area contributed by atoms with Crippen molar-refractivity contribution in [3.05, 3.63) is 52.8 Å². The van der Waals surface area contributed by atoms with Crippen LogP contribution in [0.25, 0.3) is 0 Å². The number of hydrogen-bond donors (Lipinski definition) is 1. The van der Waals surface area contributed by atoms with Gasteiger partial charge in [-0.05, 0) is 5.56 Å². The molecular weight excluding hydrogens is 250 g/mol. The van der Waals surface area contributed by atoms with Crippen LogP contribution in [0.3, 0.4) is 0 Å². The number of ether oxygens (including phenoxy) is 1. The molecule has 5 heteroatoms. The molecule has 0 radical (unpaired) electrons. The zero-order chi connectivity index (χ0) is 13.0. The summed E-state index contributed by atoms with van der Waals surface area (Å²) in [5.74, 6) is 0. The monoisotopic (exact) mass is 265 g/mol. The van der Waals surface area contributed by atoms with Crippen LogP contribution in [-0.2, 0) is 11.3 Å². The van der Waals surface area contributed by atoms with Gasteiger partial charge in [-0.2, -0.15) is 5.10 Å². The number of hydrogen-bond acceptors (Lipinski definition) is 3. The van der Waals surface area contributed by atoms with Gasteiger partial charge >= 0.3 is 0 Å². The molecule has 0 aliphatic carbocycles. The van der Waals surface area contributed by atoms with Gasteiger partial charge in [-0.25, -0.2) is 0 Å². The topological polar surface area (TPSA) is 53.1 Å². The first-order valence-electron chi connectivity index (χ1n) is 5.74. The Balaban J connectivity index is 2.29. The summed E-state index contributed by atoms with van der Waals surface area (Å²) in [4.78, 5) is 0. The van der Waals surface area contributed by atoms with Crippen LogP contribution < -0.4 is 5.73 Å². The Morgan fingerprint density at radius 1 is 1.39 bits per heavy atom. The molecule has 0 bridgehead atoms. The molecule has 1 heterocycles. The van der Waals surface area contributed by atoms with Crippen molar-refractivity contribution in [3.63, 3.8) is 0 Å². The Bertz CT molecular complexity index is 498. The molecule has 2 aromatic rings. The quantitative estimate of drug-likeness (QED) is 0.902. The van der Waals surface area contributed by atoms with Crippen molar-refractivity contribution in [2.75, 3.05) is 13.7 Å². The molecule has 0 spiro atoms. The Hall–Kier alpha value is -1.36. The third-order valence-corrected chi connectivity index (χ3v) is 3.08. The van der Waals surface area contributed by atoms with Crippen molar-refractivity contribution in [1.82, 2.24) is 9.78 Å². The summed E-state index contributed by atoms with van der Waals surface area (Å²) in [6.45, 7) is 1.21. The normalized spacial score (nSPS) is 12.6. The first-order chi connectivity index (χ1) is 8.74. The highest BCUT2D eigenvalue weighted by molar-refractivity contribution is 6.31. The van der Waals surface area contributed by atoms with E-state index in [0.29, 0.717) is 18.2 Å². The summed E-state index contributed by atoms with van der Waals surface area (Å²) < 4.78 is 6.85. The molecule has 1 unspecified atom stereocenters. The molecule has 0 amide bonds. The third-order valence-electron chi connectivity index (χ3n) is 2.79. The number of nitrogens with zero attached hydrogens (tertiary/aromatic N) is 2. The number of rotatable bonds is 5. The number of methoxy groups -OCH3 is 1. The lowest BCUT2D eigenvalue weighted by atomic mass is 10.0. The second kappa shape index (κ2) is 6.00. The molecule has 0 aliphatic rings. The number of halogens is 1. The SMILES string of the molecule is COCCn1ncc(Cl)c1C(N)c1ccccc1. The highest BCUT2D eigenvalue weighted by Crippen LogP contribution is 2.26. The lowest BCUT2D eigenvalue weighted by Crippen LogP contribution is -2.19. The minimum absolute atomic E-state index is 0.280. The molecule has 4 nitrogen and oxygen atoms in total. The van der Waals surface area contributed by atoms with E-state index < -0.39 is 0 Å². The summed E-state index contributed by atoms with van der Waals surface area (Å²) in [6.07, 6.45) is 1.62. The molecule has 0 fully saturated rings. The van der Waals surface area contributed by atoms with Crippen LogP contribution in [0.2, 0.25) is 5.02 Å². The van der Waals surface area contributed by atoms with Gasteiger partial charge < -0.3 is 10.5 Å². The summed E-state index contributed by atoms with van der Waals surface area (Å²) in [6, 6.07) is 9.56. The molecule has 2 rings (SSSR count). The second-order valence-corrected chi connectivity index (χ2v) is 4.39. The fourth-order valence-electron chi connectivity index (χ4n) is 1.86. The van der Waals surface area contributed by atoms with Gasteiger partial charge in [0.2, 0.25) is 0 Å². The molecular formula is C13H16ClN3O. The second-order valence-electron chi connectivity index (χ2n) is 3.98. The van der Waals surface area contributed by atoms with E-state index in [0.717, 1.165) is 11.3 Å². The average molecular weight is 266 g/mol. The Labute approximate surface area is 111 Å². The average Bonchev–Trinajstić information content (AvgIpc) is 2.77. The van der Waals surface area contributed by atoms with Gasteiger partial charge in [-0.15, -0.1) is 0 Å². The molecule has 0 aliphatic heterocycles. The van der Waals surface area contributed by atoms with Crippen LogP contribution in [0.1, 0.15) is 17.3 Å². The van der Waals surface area contributed by atoms with Gasteiger partial charge in [0.25, 0.3) is 0 Å². The fraction of sp³-hybridized carbons (Fsp3) is 0.308. The molecule has 96 valence electrons. The van der Waals surface area contributed by atoms with Crippen molar-refractivity contribution in [1.29, 1.82) is 0 Å². The van der Waals surface area contributed by atoms with Crippen LogP contribution >= 0.6 is 11.6 Å². The zero-order valence-corrected chi connectivity index (χ0v) is 11.0.